The maximum atomic E-state index is 5.49. The predicted molar refractivity (Wildman–Crippen MR) is 40.7 cm³/mol. The summed E-state index contributed by atoms with van der Waals surface area (Å²) in [5.74, 6) is 0. The van der Waals surface area contributed by atoms with Gasteiger partial charge in [0, 0.05) is 11.7 Å². The molecule has 0 aliphatic rings. The highest BCUT2D eigenvalue weighted by Gasteiger charge is 1.92. The molecule has 0 aliphatic heterocycles. The predicted octanol–water partition coefficient (Wildman–Crippen LogP) is 0.752. The Hall–Kier alpha value is -0.760. The van der Waals surface area contributed by atoms with E-state index >= 15 is 0 Å². The van der Waals surface area contributed by atoms with Gasteiger partial charge in [-0.2, -0.15) is 0 Å². The van der Waals surface area contributed by atoms with Crippen molar-refractivity contribution in [2.45, 2.75) is 19.9 Å². The van der Waals surface area contributed by atoms with Crippen molar-refractivity contribution in [3.63, 3.8) is 0 Å². The van der Waals surface area contributed by atoms with E-state index in [-0.39, 0.29) is 6.04 Å². The van der Waals surface area contributed by atoms with Gasteiger partial charge in [-0.25, -0.2) is 0 Å². The Morgan fingerprint density at radius 2 is 2.11 bits per heavy atom. The first-order chi connectivity index (χ1) is 4.18. The van der Waals surface area contributed by atoms with Crippen molar-refractivity contribution in [3.8, 4) is 0 Å². The van der Waals surface area contributed by atoms with Gasteiger partial charge in [0.05, 0.1) is 0 Å². The molecule has 0 radical (unpaired) electrons. The molecule has 9 heavy (non-hydrogen) atoms. The maximum Gasteiger partial charge on any atom is 0.0413 e. The zero-order valence-corrected chi connectivity index (χ0v) is 5.96. The molecular formula is C7H14N2. The van der Waals surface area contributed by atoms with Crippen molar-refractivity contribution in [2.75, 3.05) is 0 Å². The van der Waals surface area contributed by atoms with E-state index in [1.54, 1.807) is 0 Å². The molecule has 0 amide bonds. The van der Waals surface area contributed by atoms with Gasteiger partial charge < -0.3 is 11.5 Å². The molecule has 4 N–H and O–H groups in total. The lowest BCUT2D eigenvalue weighted by Crippen LogP contribution is -2.23. The molecule has 0 aromatic carbocycles. The first-order valence-electron chi connectivity index (χ1n) is 3.02. The summed E-state index contributed by atoms with van der Waals surface area (Å²) in [7, 11) is 0. The minimum Gasteiger partial charge on any atom is -0.401 e. The summed E-state index contributed by atoms with van der Waals surface area (Å²) in [4.78, 5) is 0. The Balaban J connectivity index is 3.84. The fraction of sp³-hybridized carbons (Fsp3) is 0.429. The Morgan fingerprint density at radius 1 is 1.56 bits per heavy atom. The van der Waals surface area contributed by atoms with Crippen LogP contribution in [0.4, 0.5) is 0 Å². The maximum absolute atomic E-state index is 5.49. The highest BCUT2D eigenvalue weighted by atomic mass is 14.7. The SMILES string of the molecule is C/C=C\C=C(/N)C(C)N. The van der Waals surface area contributed by atoms with Gasteiger partial charge in [-0.1, -0.05) is 12.2 Å². The third-order valence-corrected chi connectivity index (χ3v) is 1.01. The average molecular weight is 126 g/mol. The molecule has 0 rings (SSSR count). The Bertz CT molecular complexity index is 123. The third kappa shape index (κ3) is 3.79. The largest absolute Gasteiger partial charge is 0.401 e. The lowest BCUT2D eigenvalue weighted by atomic mass is 10.2. The van der Waals surface area contributed by atoms with Gasteiger partial charge in [0.15, 0.2) is 0 Å². The van der Waals surface area contributed by atoms with Crippen LogP contribution < -0.4 is 11.5 Å². The van der Waals surface area contributed by atoms with Gasteiger partial charge in [0.25, 0.3) is 0 Å². The van der Waals surface area contributed by atoms with Crippen LogP contribution >= 0.6 is 0 Å². The molecule has 2 heteroatoms. The number of allylic oxidation sites excluding steroid dienone is 3. The topological polar surface area (TPSA) is 52.0 Å². The van der Waals surface area contributed by atoms with Crippen molar-refractivity contribution in [2.24, 2.45) is 11.5 Å². The molecule has 52 valence electrons. The van der Waals surface area contributed by atoms with Crippen LogP contribution in [0.2, 0.25) is 0 Å². The second kappa shape index (κ2) is 4.15. The zero-order valence-electron chi connectivity index (χ0n) is 5.96. The smallest absolute Gasteiger partial charge is 0.0413 e. The lowest BCUT2D eigenvalue weighted by Gasteiger charge is -2.01. The summed E-state index contributed by atoms with van der Waals surface area (Å²) in [5.41, 5.74) is 11.7. The van der Waals surface area contributed by atoms with Crippen molar-refractivity contribution >= 4 is 0 Å². The number of rotatable bonds is 2. The van der Waals surface area contributed by atoms with Gasteiger partial charge >= 0.3 is 0 Å². The van der Waals surface area contributed by atoms with Crippen LogP contribution in [0.1, 0.15) is 13.8 Å². The van der Waals surface area contributed by atoms with Crippen LogP contribution in [0.15, 0.2) is 23.9 Å². The molecule has 0 saturated heterocycles. The molecule has 0 spiro atoms. The second-order valence-electron chi connectivity index (χ2n) is 1.98. The lowest BCUT2D eigenvalue weighted by molar-refractivity contribution is 0.847. The molecule has 1 atom stereocenters. The van der Waals surface area contributed by atoms with Crippen LogP contribution in [-0.4, -0.2) is 6.04 Å². The minimum atomic E-state index is -0.0406. The summed E-state index contributed by atoms with van der Waals surface area (Å²) in [6.07, 6.45) is 5.60. The number of hydrogen-bond donors (Lipinski definition) is 2. The summed E-state index contributed by atoms with van der Waals surface area (Å²) in [5, 5.41) is 0. The zero-order chi connectivity index (χ0) is 7.28. The highest BCUT2D eigenvalue weighted by molar-refractivity contribution is 5.12. The van der Waals surface area contributed by atoms with Gasteiger partial charge in [-0.3, -0.25) is 0 Å². The Kier molecular flexibility index (Phi) is 3.80. The van der Waals surface area contributed by atoms with Crippen LogP contribution in [-0.2, 0) is 0 Å². The summed E-state index contributed by atoms with van der Waals surface area (Å²) in [6, 6.07) is -0.0406. The van der Waals surface area contributed by atoms with E-state index in [1.165, 1.54) is 0 Å². The van der Waals surface area contributed by atoms with Gasteiger partial charge in [-0.05, 0) is 19.9 Å². The van der Waals surface area contributed by atoms with E-state index in [9.17, 15) is 0 Å². The molecule has 2 nitrogen and oxygen atoms in total. The van der Waals surface area contributed by atoms with E-state index in [0.29, 0.717) is 5.70 Å². The summed E-state index contributed by atoms with van der Waals surface area (Å²) >= 11 is 0. The van der Waals surface area contributed by atoms with Crippen molar-refractivity contribution in [3.05, 3.63) is 23.9 Å². The third-order valence-electron chi connectivity index (χ3n) is 1.01. The summed E-state index contributed by atoms with van der Waals surface area (Å²) in [6.45, 7) is 3.79. The first-order valence-corrected chi connectivity index (χ1v) is 3.02. The van der Waals surface area contributed by atoms with E-state index in [0.717, 1.165) is 0 Å². The Morgan fingerprint density at radius 3 is 2.44 bits per heavy atom. The quantitative estimate of drug-likeness (QED) is 0.536. The van der Waals surface area contributed by atoms with Crippen LogP contribution in [0.3, 0.4) is 0 Å². The summed E-state index contributed by atoms with van der Waals surface area (Å²) < 4.78 is 0. The Labute approximate surface area is 56.2 Å². The van der Waals surface area contributed by atoms with Crippen molar-refractivity contribution in [1.29, 1.82) is 0 Å². The first kappa shape index (κ1) is 8.24. The average Bonchev–Trinajstić information content (AvgIpc) is 1.82. The monoisotopic (exact) mass is 126 g/mol. The molecule has 0 bridgehead atoms. The van der Waals surface area contributed by atoms with E-state index < -0.39 is 0 Å². The van der Waals surface area contributed by atoms with E-state index in [4.69, 9.17) is 11.5 Å². The molecule has 0 saturated carbocycles. The normalized spacial score (nSPS) is 16.6. The minimum absolute atomic E-state index is 0.0406. The van der Waals surface area contributed by atoms with Gasteiger partial charge in [0.2, 0.25) is 0 Å². The molecule has 0 heterocycles. The molecule has 0 aromatic rings. The van der Waals surface area contributed by atoms with Crippen LogP contribution in [0, 0.1) is 0 Å². The number of nitrogens with two attached hydrogens (primary N) is 2. The molecule has 0 aromatic heterocycles. The number of hydrogen-bond acceptors (Lipinski definition) is 2. The molecule has 1 unspecified atom stereocenters. The van der Waals surface area contributed by atoms with E-state index in [2.05, 4.69) is 0 Å². The van der Waals surface area contributed by atoms with Crippen LogP contribution in [0.5, 0.6) is 0 Å². The highest BCUT2D eigenvalue weighted by Crippen LogP contribution is 1.89. The van der Waals surface area contributed by atoms with Gasteiger partial charge in [0.1, 0.15) is 0 Å². The molecule has 0 aliphatic carbocycles. The fourth-order valence-electron chi connectivity index (χ4n) is 0.359. The van der Waals surface area contributed by atoms with E-state index in [1.807, 2.05) is 32.1 Å². The van der Waals surface area contributed by atoms with Gasteiger partial charge in [-0.15, -0.1) is 0 Å². The van der Waals surface area contributed by atoms with Crippen molar-refractivity contribution < 1.29 is 0 Å². The molecular weight excluding hydrogens is 112 g/mol. The van der Waals surface area contributed by atoms with Crippen LogP contribution in [0.25, 0.3) is 0 Å². The van der Waals surface area contributed by atoms with Crippen molar-refractivity contribution in [1.82, 2.24) is 0 Å². The molecule has 0 fully saturated rings. The standard InChI is InChI=1S/C7H14N2/c1-3-4-5-7(9)6(2)8/h3-6H,8-9H2,1-2H3/b4-3-,7-5-. The fourth-order valence-corrected chi connectivity index (χ4v) is 0.359. The second-order valence-corrected chi connectivity index (χ2v) is 1.98.